The number of benzene rings is 2. The van der Waals surface area contributed by atoms with Gasteiger partial charge in [0.25, 0.3) is 0 Å². The minimum atomic E-state index is -0.196. The van der Waals surface area contributed by atoms with Crippen molar-refractivity contribution in [1.29, 1.82) is 0 Å². The topological polar surface area (TPSA) is 95.3 Å². The molecule has 0 unspecified atom stereocenters. The van der Waals surface area contributed by atoms with Crippen LogP contribution in [-0.4, -0.2) is 26.1 Å². The Morgan fingerprint density at radius 1 is 1.12 bits per heavy atom. The number of amides is 1. The lowest BCUT2D eigenvalue weighted by Crippen LogP contribution is -2.18. The molecule has 0 radical (unpaired) electrons. The highest BCUT2D eigenvalue weighted by Gasteiger charge is 2.25. The number of hydrogen-bond donors (Lipinski definition) is 3. The fraction of sp³-hybridized carbons (Fsp3) is 0.179. The predicted octanol–water partition coefficient (Wildman–Crippen LogP) is 5.26. The summed E-state index contributed by atoms with van der Waals surface area (Å²) >= 11 is 0. The molecule has 0 bridgehead atoms. The second-order valence-electron chi connectivity index (χ2n) is 8.13. The fourth-order valence-electron chi connectivity index (χ4n) is 4.03. The molecule has 1 aliphatic carbocycles. The lowest BCUT2D eigenvalue weighted by atomic mass is 9.90. The lowest BCUT2D eigenvalue weighted by molar-refractivity contribution is -0.115. The quantitative estimate of drug-likeness (QED) is 0.335. The first kappa shape index (κ1) is 23.0. The number of aromatic nitrogens is 2. The minimum absolute atomic E-state index is 0.114. The van der Waals surface area contributed by atoms with E-state index in [4.69, 9.17) is 9.97 Å². The number of carbonyl (C=O) groups excluding carboxylic acids is 1. The SMILES string of the molecule is C=C/C(=C\C=C/C)CC(=O)Nc1nc2c(nc1Cc1ccccc1)-c1ccc(O)c(O)c1CC2. The van der Waals surface area contributed by atoms with Crippen LogP contribution >= 0.6 is 0 Å². The van der Waals surface area contributed by atoms with E-state index in [1.165, 1.54) is 6.07 Å². The molecule has 4 rings (SSSR count). The maximum Gasteiger partial charge on any atom is 0.229 e. The van der Waals surface area contributed by atoms with Gasteiger partial charge in [-0.15, -0.1) is 0 Å². The predicted molar refractivity (Wildman–Crippen MR) is 134 cm³/mol. The average molecular weight is 454 g/mol. The van der Waals surface area contributed by atoms with Crippen LogP contribution in [0.1, 0.15) is 35.9 Å². The van der Waals surface area contributed by atoms with Crippen LogP contribution in [0.15, 0.2) is 78.9 Å². The zero-order valence-corrected chi connectivity index (χ0v) is 19.1. The third-order valence-corrected chi connectivity index (χ3v) is 5.77. The number of phenols is 2. The molecular formula is C28H27N3O3. The summed E-state index contributed by atoms with van der Waals surface area (Å²) in [6.45, 7) is 5.70. The van der Waals surface area contributed by atoms with Crippen LogP contribution in [0.3, 0.4) is 0 Å². The van der Waals surface area contributed by atoms with Gasteiger partial charge in [0.15, 0.2) is 17.3 Å². The van der Waals surface area contributed by atoms with Crippen molar-refractivity contribution >= 4 is 11.7 Å². The summed E-state index contributed by atoms with van der Waals surface area (Å²) in [6, 6.07) is 13.1. The zero-order valence-electron chi connectivity index (χ0n) is 19.1. The first-order valence-electron chi connectivity index (χ1n) is 11.2. The van der Waals surface area contributed by atoms with Crippen LogP contribution in [-0.2, 0) is 24.1 Å². The van der Waals surface area contributed by atoms with Crippen molar-refractivity contribution < 1.29 is 15.0 Å². The van der Waals surface area contributed by atoms with E-state index in [2.05, 4.69) is 11.9 Å². The second-order valence-corrected chi connectivity index (χ2v) is 8.13. The van der Waals surface area contributed by atoms with Gasteiger partial charge in [0.2, 0.25) is 5.91 Å². The molecule has 1 heterocycles. The number of phenolic OH excluding ortho intramolecular Hbond substituents is 2. The molecule has 0 aliphatic heterocycles. The van der Waals surface area contributed by atoms with Gasteiger partial charge >= 0.3 is 0 Å². The average Bonchev–Trinajstić information content (AvgIpc) is 2.84. The van der Waals surface area contributed by atoms with Crippen LogP contribution in [0.4, 0.5) is 5.82 Å². The highest BCUT2D eigenvalue weighted by molar-refractivity contribution is 5.92. The largest absolute Gasteiger partial charge is 0.504 e. The van der Waals surface area contributed by atoms with Crippen molar-refractivity contribution in [1.82, 2.24) is 9.97 Å². The number of hydrogen-bond acceptors (Lipinski definition) is 5. The van der Waals surface area contributed by atoms with E-state index in [0.717, 1.165) is 22.4 Å². The number of aryl methyl sites for hydroxylation is 1. The molecule has 2 aromatic carbocycles. The highest BCUT2D eigenvalue weighted by atomic mass is 16.3. The normalized spacial score (nSPS) is 12.8. The molecule has 1 aliphatic rings. The third kappa shape index (κ3) is 4.91. The Labute approximate surface area is 199 Å². The Morgan fingerprint density at radius 3 is 2.65 bits per heavy atom. The van der Waals surface area contributed by atoms with Crippen molar-refractivity contribution in [3.05, 3.63) is 101 Å². The van der Waals surface area contributed by atoms with Crippen LogP contribution in [0.2, 0.25) is 0 Å². The third-order valence-electron chi connectivity index (χ3n) is 5.77. The molecule has 172 valence electrons. The monoisotopic (exact) mass is 453 g/mol. The van der Waals surface area contributed by atoms with E-state index >= 15 is 0 Å². The number of carbonyl (C=O) groups is 1. The van der Waals surface area contributed by atoms with Crippen molar-refractivity contribution in [2.75, 3.05) is 5.32 Å². The summed E-state index contributed by atoms with van der Waals surface area (Å²) in [4.78, 5) is 22.6. The first-order valence-corrected chi connectivity index (χ1v) is 11.2. The Kier molecular flexibility index (Phi) is 6.87. The van der Waals surface area contributed by atoms with Gasteiger partial charge in [0.05, 0.1) is 23.5 Å². The smallest absolute Gasteiger partial charge is 0.229 e. The van der Waals surface area contributed by atoms with E-state index in [0.29, 0.717) is 42.0 Å². The van der Waals surface area contributed by atoms with Gasteiger partial charge in [0, 0.05) is 17.5 Å². The van der Waals surface area contributed by atoms with Gasteiger partial charge < -0.3 is 15.5 Å². The second kappa shape index (κ2) is 10.2. The van der Waals surface area contributed by atoms with Crippen LogP contribution in [0.5, 0.6) is 11.5 Å². The summed E-state index contributed by atoms with van der Waals surface area (Å²) in [6.07, 6.45) is 9.01. The number of allylic oxidation sites excluding steroid dienone is 4. The molecule has 6 heteroatoms. The number of aromatic hydroxyl groups is 2. The Balaban J connectivity index is 1.73. The van der Waals surface area contributed by atoms with E-state index < -0.39 is 0 Å². The molecule has 0 atom stereocenters. The van der Waals surface area contributed by atoms with E-state index in [9.17, 15) is 15.0 Å². The summed E-state index contributed by atoms with van der Waals surface area (Å²) in [5.41, 5.74) is 5.30. The maximum atomic E-state index is 12.8. The summed E-state index contributed by atoms with van der Waals surface area (Å²) in [7, 11) is 0. The number of nitrogens with one attached hydrogen (secondary N) is 1. The molecule has 0 spiro atoms. The van der Waals surface area contributed by atoms with Gasteiger partial charge in [-0.05, 0) is 43.0 Å². The molecule has 3 N–H and O–H groups in total. The fourth-order valence-corrected chi connectivity index (χ4v) is 4.03. The molecule has 34 heavy (non-hydrogen) atoms. The Hall–Kier alpha value is -4.19. The zero-order chi connectivity index (χ0) is 24.1. The standard InChI is InChI=1S/C28H27N3O3/c1-3-5-9-18(4-2)17-25(33)31-28-23(16-19-10-7-6-8-11-19)29-26-20-13-15-24(32)27(34)21(20)12-14-22(26)30-28/h3-11,13,15,32,34H,2,12,14,16-17H2,1H3,(H,30,31,33)/b5-3-,18-9+. The Bertz CT molecular complexity index is 1290. The molecule has 6 nitrogen and oxygen atoms in total. The summed E-state index contributed by atoms with van der Waals surface area (Å²) < 4.78 is 0. The molecular weight excluding hydrogens is 426 g/mol. The van der Waals surface area contributed by atoms with E-state index in [1.54, 1.807) is 12.1 Å². The van der Waals surface area contributed by atoms with E-state index in [-0.39, 0.29) is 23.8 Å². The van der Waals surface area contributed by atoms with Gasteiger partial charge in [-0.2, -0.15) is 0 Å². The number of anilines is 1. The number of fused-ring (bicyclic) bond motifs is 3. The van der Waals surface area contributed by atoms with Crippen molar-refractivity contribution in [3.63, 3.8) is 0 Å². The maximum absolute atomic E-state index is 12.8. The lowest BCUT2D eigenvalue weighted by Gasteiger charge is -2.22. The van der Waals surface area contributed by atoms with Gasteiger partial charge in [-0.1, -0.05) is 61.2 Å². The number of nitrogens with zero attached hydrogens (tertiary/aromatic N) is 2. The molecule has 0 fully saturated rings. The van der Waals surface area contributed by atoms with Crippen LogP contribution in [0, 0.1) is 0 Å². The van der Waals surface area contributed by atoms with Gasteiger partial charge in [-0.3, -0.25) is 4.79 Å². The number of rotatable bonds is 7. The minimum Gasteiger partial charge on any atom is -0.504 e. The van der Waals surface area contributed by atoms with Crippen LogP contribution < -0.4 is 5.32 Å². The van der Waals surface area contributed by atoms with Crippen molar-refractivity contribution in [3.8, 4) is 22.8 Å². The van der Waals surface area contributed by atoms with Crippen LogP contribution in [0.25, 0.3) is 11.3 Å². The highest BCUT2D eigenvalue weighted by Crippen LogP contribution is 2.41. The molecule has 1 amide bonds. The molecule has 3 aromatic rings. The van der Waals surface area contributed by atoms with Gasteiger partial charge in [0.1, 0.15) is 0 Å². The van der Waals surface area contributed by atoms with Crippen molar-refractivity contribution in [2.24, 2.45) is 0 Å². The molecule has 0 saturated carbocycles. The summed E-state index contributed by atoms with van der Waals surface area (Å²) in [5.74, 6) is -0.0177. The van der Waals surface area contributed by atoms with E-state index in [1.807, 2.05) is 55.5 Å². The Morgan fingerprint density at radius 2 is 1.91 bits per heavy atom. The summed E-state index contributed by atoms with van der Waals surface area (Å²) in [5, 5.41) is 23.2. The van der Waals surface area contributed by atoms with Crippen molar-refractivity contribution in [2.45, 2.75) is 32.6 Å². The van der Waals surface area contributed by atoms with Gasteiger partial charge in [-0.25, -0.2) is 9.97 Å². The molecule has 0 saturated heterocycles. The first-order chi connectivity index (χ1) is 16.5. The molecule has 1 aromatic heterocycles.